The lowest BCUT2D eigenvalue weighted by Gasteiger charge is -2.28. The molecule has 7 heteroatoms. The molecule has 2 unspecified atom stereocenters. The third-order valence-electron chi connectivity index (χ3n) is 4.41. The van der Waals surface area contributed by atoms with E-state index in [0.717, 1.165) is 32.4 Å². The van der Waals surface area contributed by atoms with Gasteiger partial charge in [-0.25, -0.2) is 0 Å². The second-order valence-corrected chi connectivity index (χ2v) is 6.70. The number of benzene rings is 1. The Kier molecular flexibility index (Phi) is 6.84. The zero-order chi connectivity index (χ0) is 15.5. The van der Waals surface area contributed by atoms with Crippen LogP contribution in [0, 0.1) is 0 Å². The Morgan fingerprint density at radius 2 is 2.04 bits per heavy atom. The van der Waals surface area contributed by atoms with Gasteiger partial charge in [0, 0.05) is 23.7 Å². The fraction of sp³-hybridized carbons (Fsp3) is 0.562. The average molecular weight is 380 g/mol. The summed E-state index contributed by atoms with van der Waals surface area (Å²) in [7, 11) is 0. The molecular formula is C16H21Cl3N2O2. The van der Waals surface area contributed by atoms with Crippen LogP contribution in [0.15, 0.2) is 18.2 Å². The Balaban J connectivity index is 0.00000192. The zero-order valence-corrected chi connectivity index (χ0v) is 15.1. The Morgan fingerprint density at radius 3 is 2.83 bits per heavy atom. The molecule has 0 aliphatic carbocycles. The van der Waals surface area contributed by atoms with Crippen molar-refractivity contribution in [1.29, 1.82) is 0 Å². The van der Waals surface area contributed by atoms with Crippen molar-refractivity contribution in [2.45, 2.75) is 37.8 Å². The molecule has 4 nitrogen and oxygen atoms in total. The Bertz CT molecular complexity index is 542. The van der Waals surface area contributed by atoms with Gasteiger partial charge < -0.3 is 15.0 Å². The molecule has 2 aliphatic heterocycles. The van der Waals surface area contributed by atoms with Crippen LogP contribution in [0.1, 0.15) is 25.7 Å². The molecule has 1 aromatic carbocycles. The number of amides is 1. The molecule has 2 fully saturated rings. The van der Waals surface area contributed by atoms with E-state index in [0.29, 0.717) is 40.9 Å². The summed E-state index contributed by atoms with van der Waals surface area (Å²) in [4.78, 5) is 14.6. The second kappa shape index (κ2) is 8.43. The van der Waals surface area contributed by atoms with Crippen LogP contribution < -0.4 is 10.1 Å². The van der Waals surface area contributed by atoms with Gasteiger partial charge in [0.2, 0.25) is 5.91 Å². The predicted octanol–water partition coefficient (Wildman–Crippen LogP) is 3.54. The molecule has 0 radical (unpaired) electrons. The predicted molar refractivity (Wildman–Crippen MR) is 95.0 cm³/mol. The summed E-state index contributed by atoms with van der Waals surface area (Å²) in [5.41, 5.74) is 0. The standard InChI is InChI=1S/C16H20Cl2N2O2.ClH/c17-11-1-4-15(14(18)9-11)22-8-6-16(21)20-12-2-3-13(20)10-19-7-5-12;/h1,4,9,12-13,19H,2-3,5-8,10H2;1H. The van der Waals surface area contributed by atoms with Crippen molar-refractivity contribution in [3.05, 3.63) is 28.2 Å². The smallest absolute Gasteiger partial charge is 0.226 e. The molecule has 1 amide bonds. The number of carbonyl (C=O) groups is 1. The fourth-order valence-corrected chi connectivity index (χ4v) is 3.82. The number of hydrogen-bond acceptors (Lipinski definition) is 3. The molecule has 2 aliphatic rings. The van der Waals surface area contributed by atoms with Crippen molar-refractivity contribution in [3.63, 3.8) is 0 Å². The highest BCUT2D eigenvalue weighted by atomic mass is 35.5. The lowest BCUT2D eigenvalue weighted by Crippen LogP contribution is -2.42. The Hall–Kier alpha value is -0.680. The fourth-order valence-electron chi connectivity index (χ4n) is 3.36. The van der Waals surface area contributed by atoms with E-state index in [2.05, 4.69) is 10.2 Å². The van der Waals surface area contributed by atoms with Gasteiger partial charge in [-0.3, -0.25) is 4.79 Å². The van der Waals surface area contributed by atoms with Crippen LogP contribution in [0.25, 0.3) is 0 Å². The first kappa shape index (κ1) is 18.7. The van der Waals surface area contributed by atoms with Gasteiger partial charge >= 0.3 is 0 Å². The first-order valence-electron chi connectivity index (χ1n) is 7.75. The van der Waals surface area contributed by atoms with Crippen LogP contribution in [-0.2, 0) is 4.79 Å². The topological polar surface area (TPSA) is 41.6 Å². The van der Waals surface area contributed by atoms with E-state index < -0.39 is 0 Å². The van der Waals surface area contributed by atoms with Gasteiger partial charge in [-0.2, -0.15) is 0 Å². The van der Waals surface area contributed by atoms with Gasteiger partial charge in [-0.05, 0) is 44.0 Å². The van der Waals surface area contributed by atoms with Crippen LogP contribution in [0.5, 0.6) is 5.75 Å². The van der Waals surface area contributed by atoms with E-state index in [4.69, 9.17) is 27.9 Å². The number of rotatable bonds is 4. The van der Waals surface area contributed by atoms with Crippen molar-refractivity contribution < 1.29 is 9.53 Å². The van der Waals surface area contributed by atoms with Gasteiger partial charge in [0.15, 0.2) is 0 Å². The van der Waals surface area contributed by atoms with Crippen molar-refractivity contribution in [3.8, 4) is 5.75 Å². The van der Waals surface area contributed by atoms with E-state index in [9.17, 15) is 4.79 Å². The lowest BCUT2D eigenvalue weighted by atomic mass is 10.1. The molecule has 1 aromatic rings. The molecule has 2 heterocycles. The van der Waals surface area contributed by atoms with Crippen molar-refractivity contribution in [1.82, 2.24) is 10.2 Å². The number of nitrogens with zero attached hydrogens (tertiary/aromatic N) is 1. The molecule has 2 saturated heterocycles. The number of fused-ring (bicyclic) bond motifs is 2. The summed E-state index contributed by atoms with van der Waals surface area (Å²) >= 11 is 11.9. The zero-order valence-electron chi connectivity index (χ0n) is 12.8. The molecule has 0 saturated carbocycles. The third kappa shape index (κ3) is 4.44. The largest absolute Gasteiger partial charge is 0.491 e. The Labute approximate surface area is 152 Å². The summed E-state index contributed by atoms with van der Waals surface area (Å²) in [6.45, 7) is 2.25. The van der Waals surface area contributed by atoms with Gasteiger partial charge in [-0.1, -0.05) is 23.2 Å². The molecule has 0 spiro atoms. The number of nitrogens with one attached hydrogen (secondary N) is 1. The highest BCUT2D eigenvalue weighted by Crippen LogP contribution is 2.29. The lowest BCUT2D eigenvalue weighted by molar-refractivity contribution is -0.134. The molecule has 0 aromatic heterocycles. The summed E-state index contributed by atoms with van der Waals surface area (Å²) < 4.78 is 5.62. The molecular weight excluding hydrogens is 359 g/mol. The number of ether oxygens (including phenoxy) is 1. The van der Waals surface area contributed by atoms with Gasteiger partial charge in [0.1, 0.15) is 5.75 Å². The van der Waals surface area contributed by atoms with E-state index >= 15 is 0 Å². The molecule has 3 rings (SSSR count). The minimum atomic E-state index is 0. The van der Waals surface area contributed by atoms with E-state index in [1.807, 2.05) is 0 Å². The SMILES string of the molecule is Cl.O=C(CCOc1ccc(Cl)cc1Cl)N1C2CCNCC1CC2. The number of hydrogen-bond donors (Lipinski definition) is 1. The summed E-state index contributed by atoms with van der Waals surface area (Å²) in [5.74, 6) is 0.751. The minimum Gasteiger partial charge on any atom is -0.491 e. The van der Waals surface area contributed by atoms with Crippen LogP contribution in [0.3, 0.4) is 0 Å². The van der Waals surface area contributed by atoms with Gasteiger partial charge in [0.25, 0.3) is 0 Å². The minimum absolute atomic E-state index is 0. The average Bonchev–Trinajstić information content (AvgIpc) is 2.74. The van der Waals surface area contributed by atoms with Crippen molar-refractivity contribution >= 4 is 41.5 Å². The van der Waals surface area contributed by atoms with E-state index in [1.165, 1.54) is 0 Å². The maximum atomic E-state index is 12.5. The first-order valence-corrected chi connectivity index (χ1v) is 8.50. The summed E-state index contributed by atoms with van der Waals surface area (Å²) in [6.07, 6.45) is 3.66. The molecule has 1 N–H and O–H groups in total. The number of carbonyl (C=O) groups excluding carboxylic acids is 1. The number of halogens is 3. The Morgan fingerprint density at radius 1 is 1.26 bits per heavy atom. The van der Waals surface area contributed by atoms with Crippen LogP contribution in [0.2, 0.25) is 10.0 Å². The summed E-state index contributed by atoms with van der Waals surface area (Å²) in [5, 5.41) is 4.45. The molecule has 23 heavy (non-hydrogen) atoms. The van der Waals surface area contributed by atoms with E-state index in [-0.39, 0.29) is 18.3 Å². The highest BCUT2D eigenvalue weighted by molar-refractivity contribution is 6.35. The van der Waals surface area contributed by atoms with Crippen LogP contribution in [0.4, 0.5) is 0 Å². The maximum Gasteiger partial charge on any atom is 0.226 e. The summed E-state index contributed by atoms with van der Waals surface area (Å²) in [6, 6.07) is 5.84. The molecule has 128 valence electrons. The van der Waals surface area contributed by atoms with Crippen molar-refractivity contribution in [2.75, 3.05) is 19.7 Å². The first-order chi connectivity index (χ1) is 10.6. The highest BCUT2D eigenvalue weighted by Gasteiger charge is 2.37. The second-order valence-electron chi connectivity index (χ2n) is 5.85. The van der Waals surface area contributed by atoms with Crippen LogP contribution in [-0.4, -0.2) is 42.6 Å². The van der Waals surface area contributed by atoms with E-state index in [1.54, 1.807) is 18.2 Å². The quantitative estimate of drug-likeness (QED) is 0.870. The van der Waals surface area contributed by atoms with Gasteiger partial charge in [-0.15, -0.1) is 12.4 Å². The van der Waals surface area contributed by atoms with Crippen molar-refractivity contribution in [2.24, 2.45) is 0 Å². The normalized spacial score (nSPS) is 23.1. The molecule has 2 atom stereocenters. The van der Waals surface area contributed by atoms with Crippen LogP contribution >= 0.6 is 35.6 Å². The van der Waals surface area contributed by atoms with Gasteiger partial charge in [0.05, 0.1) is 18.1 Å². The molecule has 2 bridgehead atoms. The monoisotopic (exact) mass is 378 g/mol. The third-order valence-corrected chi connectivity index (χ3v) is 4.94. The maximum absolute atomic E-state index is 12.5.